The molecule has 1 N–H and O–H groups in total. The summed E-state index contributed by atoms with van der Waals surface area (Å²) >= 11 is 1.30. The van der Waals surface area contributed by atoms with Crippen molar-refractivity contribution in [2.75, 3.05) is 20.8 Å². The standard InChI is InChI=1S/C25H24FN3O4S/c1-4-10-29-20(12-19(28-29)17-14-34-24-16(17)6-5-7-18(24)26)21(30)13-27-25(31)15-8-9-22(32-2)23(11-15)33-3/h5-9,11-12,14H,4,10,13H2,1-3H3,(H,27,31). The molecule has 0 aliphatic heterocycles. The molecular weight excluding hydrogens is 457 g/mol. The number of ether oxygens (including phenoxy) is 2. The van der Waals surface area contributed by atoms with E-state index in [0.717, 1.165) is 17.4 Å². The second-order valence-electron chi connectivity index (χ2n) is 7.58. The molecule has 0 aliphatic rings. The van der Waals surface area contributed by atoms with Crippen LogP contribution in [-0.2, 0) is 6.54 Å². The molecule has 0 atom stereocenters. The van der Waals surface area contributed by atoms with Gasteiger partial charge in [-0.3, -0.25) is 14.3 Å². The number of rotatable bonds is 9. The summed E-state index contributed by atoms with van der Waals surface area (Å²) < 4.78 is 26.7. The lowest BCUT2D eigenvalue weighted by atomic mass is 10.1. The molecule has 1 amide bonds. The lowest BCUT2D eigenvalue weighted by Crippen LogP contribution is -2.30. The van der Waals surface area contributed by atoms with E-state index < -0.39 is 5.91 Å². The van der Waals surface area contributed by atoms with E-state index in [1.54, 1.807) is 35.0 Å². The number of thiophene rings is 1. The van der Waals surface area contributed by atoms with Gasteiger partial charge < -0.3 is 14.8 Å². The van der Waals surface area contributed by atoms with Gasteiger partial charge in [-0.2, -0.15) is 5.10 Å². The Morgan fingerprint density at radius 2 is 1.91 bits per heavy atom. The second-order valence-corrected chi connectivity index (χ2v) is 8.46. The van der Waals surface area contributed by atoms with Crippen LogP contribution in [0.4, 0.5) is 4.39 Å². The smallest absolute Gasteiger partial charge is 0.251 e. The summed E-state index contributed by atoms with van der Waals surface area (Å²) in [5, 5.41) is 9.87. The van der Waals surface area contributed by atoms with Gasteiger partial charge in [0, 0.05) is 28.4 Å². The van der Waals surface area contributed by atoms with Crippen molar-refractivity contribution >= 4 is 33.1 Å². The Labute approximate surface area is 200 Å². The molecule has 0 bridgehead atoms. The van der Waals surface area contributed by atoms with Crippen LogP contribution in [0.5, 0.6) is 11.5 Å². The van der Waals surface area contributed by atoms with Crippen LogP contribution >= 0.6 is 11.3 Å². The number of aromatic nitrogens is 2. The molecule has 4 rings (SSSR count). The number of aryl methyl sites for hydroxylation is 1. The summed E-state index contributed by atoms with van der Waals surface area (Å²) in [4.78, 5) is 25.6. The third kappa shape index (κ3) is 4.51. The first kappa shape index (κ1) is 23.4. The van der Waals surface area contributed by atoms with E-state index >= 15 is 0 Å². The molecule has 7 nitrogen and oxygen atoms in total. The van der Waals surface area contributed by atoms with Crippen molar-refractivity contribution in [2.45, 2.75) is 19.9 Å². The van der Waals surface area contributed by atoms with Crippen LogP contribution in [0.3, 0.4) is 0 Å². The SMILES string of the molecule is CCCn1nc(-c2csc3c(F)cccc23)cc1C(=O)CNC(=O)c1ccc(OC)c(OC)c1. The Balaban J connectivity index is 1.55. The fourth-order valence-corrected chi connectivity index (χ4v) is 4.68. The van der Waals surface area contributed by atoms with Gasteiger partial charge in [0.05, 0.1) is 31.2 Å². The van der Waals surface area contributed by atoms with Gasteiger partial charge in [-0.15, -0.1) is 11.3 Å². The lowest BCUT2D eigenvalue weighted by molar-refractivity contribution is 0.0899. The maximum atomic E-state index is 14.1. The van der Waals surface area contributed by atoms with E-state index in [1.165, 1.54) is 31.6 Å². The van der Waals surface area contributed by atoms with Crippen LogP contribution in [0.25, 0.3) is 21.3 Å². The average Bonchev–Trinajstić information content (AvgIpc) is 3.47. The molecule has 0 saturated carbocycles. The summed E-state index contributed by atoms with van der Waals surface area (Å²) in [5.74, 6) is -0.0310. The molecule has 0 radical (unpaired) electrons. The van der Waals surface area contributed by atoms with Crippen LogP contribution in [-0.4, -0.2) is 42.2 Å². The van der Waals surface area contributed by atoms with Crippen molar-refractivity contribution in [3.05, 3.63) is 64.9 Å². The molecule has 2 heterocycles. The van der Waals surface area contributed by atoms with Gasteiger partial charge in [0.2, 0.25) is 0 Å². The van der Waals surface area contributed by atoms with Crippen LogP contribution in [0.2, 0.25) is 0 Å². The molecule has 0 fully saturated rings. The van der Waals surface area contributed by atoms with E-state index in [-0.39, 0.29) is 18.1 Å². The van der Waals surface area contributed by atoms with E-state index in [1.807, 2.05) is 18.4 Å². The summed E-state index contributed by atoms with van der Waals surface area (Å²) in [6.07, 6.45) is 0.776. The Morgan fingerprint density at radius 3 is 2.65 bits per heavy atom. The second kappa shape index (κ2) is 10.0. The van der Waals surface area contributed by atoms with Gasteiger partial charge in [-0.1, -0.05) is 19.1 Å². The predicted molar refractivity (Wildman–Crippen MR) is 130 cm³/mol. The number of Topliss-reactive ketones (excluding diaryl/α,β-unsaturated/α-hetero) is 1. The van der Waals surface area contributed by atoms with E-state index in [9.17, 15) is 14.0 Å². The molecule has 34 heavy (non-hydrogen) atoms. The highest BCUT2D eigenvalue weighted by molar-refractivity contribution is 7.17. The highest BCUT2D eigenvalue weighted by Gasteiger charge is 2.20. The Morgan fingerprint density at radius 1 is 1.12 bits per heavy atom. The predicted octanol–water partition coefficient (Wildman–Crippen LogP) is 4.94. The largest absolute Gasteiger partial charge is 0.493 e. The number of hydrogen-bond acceptors (Lipinski definition) is 6. The van der Waals surface area contributed by atoms with Gasteiger partial charge in [0.1, 0.15) is 11.5 Å². The van der Waals surface area contributed by atoms with Crippen LogP contribution in [0.15, 0.2) is 47.8 Å². The number of amides is 1. The van der Waals surface area contributed by atoms with Crippen molar-refractivity contribution in [1.82, 2.24) is 15.1 Å². The first-order valence-electron chi connectivity index (χ1n) is 10.7. The Hall–Kier alpha value is -3.72. The minimum atomic E-state index is -0.407. The molecule has 9 heteroatoms. The van der Waals surface area contributed by atoms with Crippen molar-refractivity contribution in [3.63, 3.8) is 0 Å². The number of nitrogens with one attached hydrogen (secondary N) is 1. The number of benzene rings is 2. The van der Waals surface area contributed by atoms with Crippen LogP contribution < -0.4 is 14.8 Å². The summed E-state index contributed by atoms with van der Waals surface area (Å²) in [5.41, 5.74) is 2.11. The highest BCUT2D eigenvalue weighted by atomic mass is 32.1. The summed E-state index contributed by atoms with van der Waals surface area (Å²) in [6, 6.07) is 11.4. The first-order chi connectivity index (χ1) is 16.5. The zero-order valence-corrected chi connectivity index (χ0v) is 19.9. The van der Waals surface area contributed by atoms with Crippen molar-refractivity contribution in [1.29, 1.82) is 0 Å². The number of nitrogens with zero attached hydrogens (tertiary/aromatic N) is 2. The zero-order chi connectivity index (χ0) is 24.2. The third-order valence-electron chi connectivity index (χ3n) is 5.38. The maximum absolute atomic E-state index is 14.1. The monoisotopic (exact) mass is 481 g/mol. The lowest BCUT2D eigenvalue weighted by Gasteiger charge is -2.10. The number of carbonyl (C=O) groups is 2. The topological polar surface area (TPSA) is 82.5 Å². The number of halogens is 1. The van der Waals surface area contributed by atoms with E-state index in [0.29, 0.717) is 39.7 Å². The number of ketones is 1. The van der Waals surface area contributed by atoms with Gasteiger partial charge >= 0.3 is 0 Å². The average molecular weight is 482 g/mol. The van der Waals surface area contributed by atoms with E-state index in [2.05, 4.69) is 10.4 Å². The fraction of sp³-hybridized carbons (Fsp3) is 0.240. The minimum Gasteiger partial charge on any atom is -0.493 e. The first-order valence-corrected chi connectivity index (χ1v) is 11.6. The molecule has 0 aliphatic carbocycles. The summed E-state index contributed by atoms with van der Waals surface area (Å²) in [7, 11) is 3.00. The molecule has 4 aromatic rings. The zero-order valence-electron chi connectivity index (χ0n) is 19.1. The molecular formula is C25H24FN3O4S. The van der Waals surface area contributed by atoms with E-state index in [4.69, 9.17) is 9.47 Å². The normalized spacial score (nSPS) is 10.9. The quantitative estimate of drug-likeness (QED) is 0.342. The summed E-state index contributed by atoms with van der Waals surface area (Å²) in [6.45, 7) is 2.34. The number of fused-ring (bicyclic) bond motifs is 1. The molecule has 2 aromatic heterocycles. The molecule has 0 unspecified atom stereocenters. The van der Waals surface area contributed by atoms with Gasteiger partial charge in [-0.05, 0) is 36.8 Å². The van der Waals surface area contributed by atoms with Crippen molar-refractivity contribution in [3.8, 4) is 22.8 Å². The number of hydrogen-bond donors (Lipinski definition) is 1. The van der Waals surface area contributed by atoms with Gasteiger partial charge in [0.15, 0.2) is 17.3 Å². The van der Waals surface area contributed by atoms with Gasteiger partial charge in [-0.25, -0.2) is 4.39 Å². The number of carbonyl (C=O) groups excluding carboxylic acids is 2. The van der Waals surface area contributed by atoms with Crippen molar-refractivity contribution in [2.24, 2.45) is 0 Å². The molecule has 2 aromatic carbocycles. The van der Waals surface area contributed by atoms with Crippen molar-refractivity contribution < 1.29 is 23.5 Å². The minimum absolute atomic E-state index is 0.193. The van der Waals surface area contributed by atoms with Gasteiger partial charge in [0.25, 0.3) is 5.91 Å². The third-order valence-corrected chi connectivity index (χ3v) is 6.39. The highest BCUT2D eigenvalue weighted by Crippen LogP contribution is 2.35. The Bertz CT molecular complexity index is 1360. The molecule has 0 saturated heterocycles. The fourth-order valence-electron chi connectivity index (χ4n) is 3.71. The molecule has 0 spiro atoms. The van der Waals surface area contributed by atoms with Crippen LogP contribution in [0.1, 0.15) is 34.2 Å². The number of methoxy groups -OCH3 is 2. The Kier molecular flexibility index (Phi) is 6.93. The molecule has 176 valence electrons. The maximum Gasteiger partial charge on any atom is 0.251 e. The van der Waals surface area contributed by atoms with Crippen LogP contribution in [0, 0.1) is 5.82 Å².